The van der Waals surface area contributed by atoms with Crippen LogP contribution in [0.2, 0.25) is 5.15 Å². The lowest BCUT2D eigenvalue weighted by atomic mass is 9.70. The summed E-state index contributed by atoms with van der Waals surface area (Å²) in [5, 5.41) is 3.89. The molecule has 0 aromatic carbocycles. The highest BCUT2D eigenvalue weighted by Gasteiger charge is 2.31. The van der Waals surface area contributed by atoms with E-state index in [-0.39, 0.29) is 0 Å². The molecule has 1 aromatic rings. The van der Waals surface area contributed by atoms with Gasteiger partial charge in [0.25, 0.3) is 0 Å². The summed E-state index contributed by atoms with van der Waals surface area (Å²) in [4.78, 5) is 8.55. The van der Waals surface area contributed by atoms with Crippen molar-refractivity contribution in [2.75, 3.05) is 11.9 Å². The van der Waals surface area contributed by atoms with Gasteiger partial charge in [-0.25, -0.2) is 9.97 Å². The standard InChI is InChI=1S/C12H18ClN3/c1-3-10-15-9(13)7-11(16-10)14-8-12(2)5-4-6-12/h7H,3-6,8H2,1-2H3,(H,14,15,16). The van der Waals surface area contributed by atoms with Crippen LogP contribution in [0.3, 0.4) is 0 Å². The molecular weight excluding hydrogens is 222 g/mol. The Morgan fingerprint density at radius 3 is 2.75 bits per heavy atom. The summed E-state index contributed by atoms with van der Waals surface area (Å²) in [7, 11) is 0. The van der Waals surface area contributed by atoms with Crippen molar-refractivity contribution >= 4 is 17.4 Å². The first-order valence-electron chi connectivity index (χ1n) is 5.89. The quantitative estimate of drug-likeness (QED) is 0.820. The maximum Gasteiger partial charge on any atom is 0.134 e. The van der Waals surface area contributed by atoms with Crippen molar-refractivity contribution in [1.29, 1.82) is 0 Å². The topological polar surface area (TPSA) is 37.8 Å². The normalized spacial score (nSPS) is 17.9. The Morgan fingerprint density at radius 2 is 2.19 bits per heavy atom. The van der Waals surface area contributed by atoms with Crippen LogP contribution in [0.4, 0.5) is 5.82 Å². The number of aromatic nitrogens is 2. The van der Waals surface area contributed by atoms with Crippen molar-refractivity contribution in [2.45, 2.75) is 39.5 Å². The summed E-state index contributed by atoms with van der Waals surface area (Å²) >= 11 is 5.94. The highest BCUT2D eigenvalue weighted by atomic mass is 35.5. The predicted molar refractivity (Wildman–Crippen MR) is 66.9 cm³/mol. The van der Waals surface area contributed by atoms with Gasteiger partial charge in [-0.15, -0.1) is 0 Å². The molecule has 1 fully saturated rings. The number of rotatable bonds is 4. The molecule has 16 heavy (non-hydrogen) atoms. The van der Waals surface area contributed by atoms with Crippen LogP contribution in [0.1, 0.15) is 38.9 Å². The van der Waals surface area contributed by atoms with Gasteiger partial charge in [0.05, 0.1) is 0 Å². The molecule has 1 aromatic heterocycles. The monoisotopic (exact) mass is 239 g/mol. The van der Waals surface area contributed by atoms with E-state index in [2.05, 4.69) is 22.2 Å². The van der Waals surface area contributed by atoms with Gasteiger partial charge in [0.15, 0.2) is 0 Å². The van der Waals surface area contributed by atoms with Crippen molar-refractivity contribution in [3.05, 3.63) is 17.0 Å². The summed E-state index contributed by atoms with van der Waals surface area (Å²) < 4.78 is 0. The average Bonchev–Trinajstić information content (AvgIpc) is 2.23. The van der Waals surface area contributed by atoms with E-state index in [0.717, 1.165) is 24.6 Å². The second-order valence-corrected chi connectivity index (χ2v) is 5.25. The first-order valence-corrected chi connectivity index (χ1v) is 6.26. The molecule has 0 saturated heterocycles. The lowest BCUT2D eigenvalue weighted by Gasteiger charge is -2.38. The number of halogens is 1. The maximum absolute atomic E-state index is 5.94. The second-order valence-electron chi connectivity index (χ2n) is 4.86. The Bertz CT molecular complexity index is 375. The van der Waals surface area contributed by atoms with E-state index in [9.17, 15) is 0 Å². The van der Waals surface area contributed by atoms with Crippen LogP contribution in [0.25, 0.3) is 0 Å². The van der Waals surface area contributed by atoms with Crippen LogP contribution >= 0.6 is 11.6 Å². The summed E-state index contributed by atoms with van der Waals surface area (Å²) in [5.41, 5.74) is 0.448. The Balaban J connectivity index is 2.00. The van der Waals surface area contributed by atoms with E-state index in [1.165, 1.54) is 19.3 Å². The SMILES string of the molecule is CCc1nc(Cl)cc(NCC2(C)CCC2)n1. The van der Waals surface area contributed by atoms with Crippen molar-refractivity contribution in [1.82, 2.24) is 9.97 Å². The predicted octanol–water partition coefficient (Wildman–Crippen LogP) is 3.29. The molecule has 0 spiro atoms. The molecule has 88 valence electrons. The smallest absolute Gasteiger partial charge is 0.134 e. The van der Waals surface area contributed by atoms with E-state index in [0.29, 0.717) is 10.6 Å². The van der Waals surface area contributed by atoms with Crippen molar-refractivity contribution in [3.63, 3.8) is 0 Å². The minimum absolute atomic E-state index is 0.448. The fourth-order valence-corrected chi connectivity index (χ4v) is 2.18. The number of aryl methyl sites for hydroxylation is 1. The zero-order chi connectivity index (χ0) is 11.6. The molecule has 3 nitrogen and oxygen atoms in total. The summed E-state index contributed by atoms with van der Waals surface area (Å²) in [6.07, 6.45) is 4.77. The maximum atomic E-state index is 5.94. The molecule has 0 amide bonds. The number of nitrogens with one attached hydrogen (secondary N) is 1. The average molecular weight is 240 g/mol. The van der Waals surface area contributed by atoms with E-state index < -0.39 is 0 Å². The van der Waals surface area contributed by atoms with E-state index in [1.54, 1.807) is 6.07 Å². The molecule has 4 heteroatoms. The molecule has 1 saturated carbocycles. The molecule has 1 heterocycles. The van der Waals surface area contributed by atoms with Gasteiger partial charge in [-0.2, -0.15) is 0 Å². The molecule has 0 radical (unpaired) electrons. The molecule has 1 aliphatic rings. The molecule has 2 rings (SSSR count). The first kappa shape index (κ1) is 11.6. The van der Waals surface area contributed by atoms with Crippen LogP contribution in [-0.2, 0) is 6.42 Å². The van der Waals surface area contributed by atoms with E-state index in [4.69, 9.17) is 11.6 Å². The number of hydrogen-bond donors (Lipinski definition) is 1. The molecule has 1 N–H and O–H groups in total. The van der Waals surface area contributed by atoms with Crippen LogP contribution in [0.15, 0.2) is 6.07 Å². The van der Waals surface area contributed by atoms with Gasteiger partial charge >= 0.3 is 0 Å². The Hall–Kier alpha value is -0.830. The summed E-state index contributed by atoms with van der Waals surface area (Å²) in [5.74, 6) is 1.65. The third-order valence-corrected chi connectivity index (χ3v) is 3.51. The van der Waals surface area contributed by atoms with Gasteiger partial charge < -0.3 is 5.32 Å². The lowest BCUT2D eigenvalue weighted by Crippen LogP contribution is -2.33. The van der Waals surface area contributed by atoms with Crippen molar-refractivity contribution in [2.24, 2.45) is 5.41 Å². The minimum Gasteiger partial charge on any atom is -0.369 e. The van der Waals surface area contributed by atoms with Crippen LogP contribution in [0, 0.1) is 5.41 Å². The second kappa shape index (κ2) is 4.58. The molecular formula is C12H18ClN3. The Morgan fingerprint density at radius 1 is 1.44 bits per heavy atom. The van der Waals surface area contributed by atoms with Crippen LogP contribution < -0.4 is 5.32 Å². The third-order valence-electron chi connectivity index (χ3n) is 3.31. The van der Waals surface area contributed by atoms with Crippen molar-refractivity contribution < 1.29 is 0 Å². The molecule has 0 bridgehead atoms. The van der Waals surface area contributed by atoms with Crippen LogP contribution in [-0.4, -0.2) is 16.5 Å². The fraction of sp³-hybridized carbons (Fsp3) is 0.667. The highest BCUT2D eigenvalue weighted by molar-refractivity contribution is 6.29. The molecule has 0 aliphatic heterocycles. The number of hydrogen-bond acceptors (Lipinski definition) is 3. The lowest BCUT2D eigenvalue weighted by molar-refractivity contribution is 0.180. The van der Waals surface area contributed by atoms with Gasteiger partial charge in [0.1, 0.15) is 16.8 Å². The number of nitrogens with zero attached hydrogens (tertiary/aromatic N) is 2. The minimum atomic E-state index is 0.448. The van der Waals surface area contributed by atoms with E-state index in [1.807, 2.05) is 6.92 Å². The molecule has 0 atom stereocenters. The van der Waals surface area contributed by atoms with Gasteiger partial charge in [-0.3, -0.25) is 0 Å². The molecule has 0 unspecified atom stereocenters. The van der Waals surface area contributed by atoms with Crippen molar-refractivity contribution in [3.8, 4) is 0 Å². The fourth-order valence-electron chi connectivity index (χ4n) is 1.97. The summed E-state index contributed by atoms with van der Waals surface area (Å²) in [6.45, 7) is 5.32. The summed E-state index contributed by atoms with van der Waals surface area (Å²) in [6, 6.07) is 1.79. The van der Waals surface area contributed by atoms with Gasteiger partial charge in [-0.05, 0) is 18.3 Å². The Labute approximate surface area is 102 Å². The Kier molecular flexibility index (Phi) is 3.33. The zero-order valence-electron chi connectivity index (χ0n) is 9.89. The third kappa shape index (κ3) is 2.64. The van der Waals surface area contributed by atoms with E-state index >= 15 is 0 Å². The van der Waals surface area contributed by atoms with Gasteiger partial charge in [-0.1, -0.05) is 31.9 Å². The highest BCUT2D eigenvalue weighted by Crippen LogP contribution is 2.40. The largest absolute Gasteiger partial charge is 0.369 e. The zero-order valence-corrected chi connectivity index (χ0v) is 10.6. The van der Waals surface area contributed by atoms with Crippen LogP contribution in [0.5, 0.6) is 0 Å². The number of anilines is 1. The molecule has 1 aliphatic carbocycles. The van der Waals surface area contributed by atoms with Gasteiger partial charge in [0.2, 0.25) is 0 Å². The first-order chi connectivity index (χ1) is 7.61. The van der Waals surface area contributed by atoms with Gasteiger partial charge in [0, 0.05) is 19.0 Å².